The van der Waals surface area contributed by atoms with Crippen molar-refractivity contribution in [3.05, 3.63) is 10.6 Å². The second kappa shape index (κ2) is 3.91. The number of aromatic nitrogens is 3. The number of nitrogens with one attached hydrogen (secondary N) is 2. The van der Waals surface area contributed by atoms with E-state index in [1.807, 2.05) is 7.05 Å². The van der Waals surface area contributed by atoms with E-state index in [4.69, 9.17) is 12.2 Å². The topological polar surface area (TPSA) is 62.7 Å². The maximum absolute atomic E-state index is 12.2. The Morgan fingerprint density at radius 1 is 1.47 bits per heavy atom. The summed E-state index contributed by atoms with van der Waals surface area (Å²) < 4.78 is 2.39. The predicted molar refractivity (Wildman–Crippen MR) is 71.5 cm³/mol. The fourth-order valence-corrected chi connectivity index (χ4v) is 4.65. The highest BCUT2D eigenvalue weighted by Crippen LogP contribution is 2.69. The van der Waals surface area contributed by atoms with Gasteiger partial charge in [-0.15, -0.1) is 0 Å². The van der Waals surface area contributed by atoms with Crippen LogP contribution in [0.25, 0.3) is 0 Å². The van der Waals surface area contributed by atoms with Crippen LogP contribution in [0.4, 0.5) is 0 Å². The van der Waals surface area contributed by atoms with Crippen molar-refractivity contribution in [2.24, 2.45) is 36.6 Å². The van der Waals surface area contributed by atoms with Crippen molar-refractivity contribution in [3.8, 4) is 0 Å². The van der Waals surface area contributed by atoms with Crippen molar-refractivity contribution in [1.29, 1.82) is 0 Å². The number of fused-ring (bicyclic) bond motifs is 5. The van der Waals surface area contributed by atoms with Gasteiger partial charge in [-0.25, -0.2) is 0 Å². The van der Waals surface area contributed by atoms with Crippen LogP contribution in [0.2, 0.25) is 0 Å². The zero-order chi connectivity index (χ0) is 13.1. The van der Waals surface area contributed by atoms with E-state index in [1.54, 1.807) is 4.57 Å². The van der Waals surface area contributed by atoms with Crippen molar-refractivity contribution in [2.75, 3.05) is 0 Å². The molecule has 19 heavy (non-hydrogen) atoms. The molecule has 1 aromatic rings. The Morgan fingerprint density at radius 2 is 2.16 bits per heavy atom. The van der Waals surface area contributed by atoms with Crippen molar-refractivity contribution in [3.63, 3.8) is 0 Å². The third kappa shape index (κ3) is 1.62. The molecular formula is C13H18N4OS. The molecule has 2 bridgehead atoms. The second-order valence-corrected chi connectivity index (χ2v) is 6.62. The lowest BCUT2D eigenvalue weighted by Crippen LogP contribution is -2.28. The Balaban J connectivity index is 1.39. The van der Waals surface area contributed by atoms with Crippen molar-refractivity contribution in [1.82, 2.24) is 20.1 Å². The first-order chi connectivity index (χ1) is 9.16. The van der Waals surface area contributed by atoms with Crippen LogP contribution in [-0.4, -0.2) is 20.7 Å². The number of rotatable bonds is 3. The van der Waals surface area contributed by atoms with Crippen LogP contribution in [0.1, 0.15) is 25.1 Å². The molecule has 3 aliphatic carbocycles. The van der Waals surface area contributed by atoms with E-state index in [9.17, 15) is 4.79 Å². The minimum Gasteiger partial charge on any atom is -0.349 e. The van der Waals surface area contributed by atoms with E-state index in [0.29, 0.717) is 29.1 Å². The number of hydrogen-bond acceptors (Lipinski definition) is 3. The second-order valence-electron chi connectivity index (χ2n) is 6.24. The van der Waals surface area contributed by atoms with E-state index >= 15 is 0 Å². The molecule has 0 radical (unpaired) electrons. The average molecular weight is 278 g/mol. The van der Waals surface area contributed by atoms with Crippen LogP contribution in [0.15, 0.2) is 0 Å². The molecule has 0 unspecified atom stereocenters. The predicted octanol–water partition coefficient (Wildman–Crippen LogP) is 1.39. The molecule has 2 N–H and O–H groups in total. The SMILES string of the molecule is Cn1c(CNC(=O)C2[C@H]3[C@H]4CC[C@@H](C4)[C@H]23)n[nH]c1=S. The van der Waals surface area contributed by atoms with Gasteiger partial charge in [0, 0.05) is 13.0 Å². The number of carbonyl (C=O) groups is 1. The Hall–Kier alpha value is -1.17. The number of carbonyl (C=O) groups excluding carboxylic acids is 1. The molecule has 1 amide bonds. The molecule has 4 rings (SSSR count). The third-order valence-corrected chi connectivity index (χ3v) is 5.80. The van der Waals surface area contributed by atoms with Crippen LogP contribution < -0.4 is 5.32 Å². The van der Waals surface area contributed by atoms with Crippen LogP contribution >= 0.6 is 12.2 Å². The lowest BCUT2D eigenvalue weighted by atomic mass is 10.0. The fraction of sp³-hybridized carbons (Fsp3) is 0.769. The molecule has 102 valence electrons. The fourth-order valence-electron chi connectivity index (χ4n) is 4.50. The smallest absolute Gasteiger partial charge is 0.224 e. The highest BCUT2D eigenvalue weighted by molar-refractivity contribution is 7.71. The average Bonchev–Trinajstić information content (AvgIpc) is 2.67. The largest absolute Gasteiger partial charge is 0.349 e. The van der Waals surface area contributed by atoms with Gasteiger partial charge in [0.25, 0.3) is 0 Å². The molecule has 3 aliphatic rings. The molecule has 0 aliphatic heterocycles. The van der Waals surface area contributed by atoms with Gasteiger partial charge in [-0.2, -0.15) is 5.10 Å². The first-order valence-corrected chi connectivity index (χ1v) is 7.45. The van der Waals surface area contributed by atoms with E-state index in [1.165, 1.54) is 19.3 Å². The summed E-state index contributed by atoms with van der Waals surface area (Å²) in [5.41, 5.74) is 0. The van der Waals surface area contributed by atoms with Crippen LogP contribution in [-0.2, 0) is 18.4 Å². The molecule has 3 saturated carbocycles. The lowest BCUT2D eigenvalue weighted by Gasteiger charge is -2.09. The first kappa shape index (κ1) is 11.6. The molecular weight excluding hydrogens is 260 g/mol. The standard InChI is InChI=1S/C13H18N4OS/c1-17-8(15-16-13(17)19)5-14-12(18)11-9-6-2-3-7(4-6)10(9)11/h6-7,9-11H,2-5H2,1H3,(H,14,18)(H,16,19)/t6-,7-,9-,10-/m0/s1. The van der Waals surface area contributed by atoms with Gasteiger partial charge in [-0.05, 0) is 55.2 Å². The Bertz CT molecular complexity index is 576. The van der Waals surface area contributed by atoms with Gasteiger partial charge in [-0.3, -0.25) is 9.89 Å². The third-order valence-electron chi connectivity index (χ3n) is 5.43. The summed E-state index contributed by atoms with van der Waals surface area (Å²) in [6.45, 7) is 0.466. The van der Waals surface area contributed by atoms with E-state index in [2.05, 4.69) is 15.5 Å². The summed E-state index contributed by atoms with van der Waals surface area (Å²) in [4.78, 5) is 12.2. The van der Waals surface area contributed by atoms with Crippen molar-refractivity contribution in [2.45, 2.75) is 25.8 Å². The highest BCUT2D eigenvalue weighted by Gasteiger charge is 2.67. The van der Waals surface area contributed by atoms with Gasteiger partial charge in [0.05, 0.1) is 6.54 Å². The zero-order valence-electron chi connectivity index (χ0n) is 10.9. The van der Waals surface area contributed by atoms with Crippen LogP contribution in [0.3, 0.4) is 0 Å². The van der Waals surface area contributed by atoms with Gasteiger partial charge in [0.2, 0.25) is 5.91 Å². The van der Waals surface area contributed by atoms with Gasteiger partial charge >= 0.3 is 0 Å². The first-order valence-electron chi connectivity index (χ1n) is 7.05. The molecule has 1 aromatic heterocycles. The van der Waals surface area contributed by atoms with Gasteiger partial charge in [0.1, 0.15) is 0 Å². The number of amides is 1. The van der Waals surface area contributed by atoms with Gasteiger partial charge in [0.15, 0.2) is 10.6 Å². The Morgan fingerprint density at radius 3 is 2.74 bits per heavy atom. The Kier molecular flexibility index (Phi) is 2.40. The Labute approximate surface area is 116 Å². The minimum atomic E-state index is 0.223. The maximum Gasteiger partial charge on any atom is 0.224 e. The number of H-pyrrole nitrogens is 1. The van der Waals surface area contributed by atoms with E-state index < -0.39 is 0 Å². The zero-order valence-corrected chi connectivity index (χ0v) is 11.7. The quantitative estimate of drug-likeness (QED) is 0.821. The van der Waals surface area contributed by atoms with Gasteiger partial charge < -0.3 is 9.88 Å². The summed E-state index contributed by atoms with van der Waals surface area (Å²) >= 11 is 5.05. The summed E-state index contributed by atoms with van der Waals surface area (Å²) in [5.74, 6) is 4.37. The molecule has 0 aromatic carbocycles. The number of nitrogens with zero attached hydrogens (tertiary/aromatic N) is 2. The number of aromatic amines is 1. The molecule has 4 atom stereocenters. The van der Waals surface area contributed by atoms with Gasteiger partial charge in [-0.1, -0.05) is 0 Å². The summed E-state index contributed by atoms with van der Waals surface area (Å²) in [6, 6.07) is 0. The maximum atomic E-state index is 12.2. The summed E-state index contributed by atoms with van der Waals surface area (Å²) in [7, 11) is 1.86. The molecule has 1 heterocycles. The van der Waals surface area contributed by atoms with Crippen molar-refractivity contribution < 1.29 is 4.79 Å². The monoisotopic (exact) mass is 278 g/mol. The van der Waals surface area contributed by atoms with E-state index in [0.717, 1.165) is 17.7 Å². The molecule has 5 nitrogen and oxygen atoms in total. The minimum absolute atomic E-state index is 0.223. The van der Waals surface area contributed by atoms with Crippen molar-refractivity contribution >= 4 is 18.1 Å². The molecule has 0 spiro atoms. The summed E-state index contributed by atoms with van der Waals surface area (Å²) in [5, 5.41) is 9.87. The summed E-state index contributed by atoms with van der Waals surface area (Å²) in [6.07, 6.45) is 4.08. The lowest BCUT2D eigenvalue weighted by molar-refractivity contribution is -0.123. The number of hydrogen-bond donors (Lipinski definition) is 2. The normalized spacial score (nSPS) is 38.3. The highest BCUT2D eigenvalue weighted by atomic mass is 32.1. The van der Waals surface area contributed by atoms with Crippen LogP contribution in [0.5, 0.6) is 0 Å². The molecule has 3 fully saturated rings. The van der Waals surface area contributed by atoms with E-state index in [-0.39, 0.29) is 5.91 Å². The molecule has 0 saturated heterocycles. The molecule has 6 heteroatoms. The van der Waals surface area contributed by atoms with Crippen LogP contribution in [0, 0.1) is 34.4 Å².